The number of carbonyl (C=O) groups is 1. The van der Waals surface area contributed by atoms with E-state index >= 15 is 0 Å². The molecule has 0 spiro atoms. The van der Waals surface area contributed by atoms with Gasteiger partial charge in [-0.1, -0.05) is 0 Å². The van der Waals surface area contributed by atoms with Crippen LogP contribution in [0.3, 0.4) is 0 Å². The Kier molecular flexibility index (Phi) is 3.23. The molecule has 1 aromatic rings. The summed E-state index contributed by atoms with van der Waals surface area (Å²) in [5, 5.41) is 11.1. The van der Waals surface area contributed by atoms with E-state index in [1.54, 1.807) is 0 Å². The van der Waals surface area contributed by atoms with Crippen LogP contribution in [0.4, 0.5) is 8.78 Å². The second-order valence-corrected chi connectivity index (χ2v) is 3.82. The van der Waals surface area contributed by atoms with Gasteiger partial charge in [0, 0.05) is 5.56 Å². The third-order valence-corrected chi connectivity index (χ3v) is 1.89. The Hall–Kier alpha value is -1.96. The van der Waals surface area contributed by atoms with E-state index in [2.05, 4.69) is 5.32 Å². The van der Waals surface area contributed by atoms with E-state index in [0.29, 0.717) is 0 Å². The highest BCUT2D eigenvalue weighted by atomic mass is 19.2. The first-order valence-corrected chi connectivity index (χ1v) is 4.54. The number of hydrogen-bond acceptors (Lipinski definition) is 2. The number of halogens is 2. The van der Waals surface area contributed by atoms with Gasteiger partial charge in [0.05, 0.1) is 6.07 Å². The lowest BCUT2D eigenvalue weighted by Crippen LogP contribution is -2.42. The van der Waals surface area contributed by atoms with E-state index < -0.39 is 23.1 Å². The highest BCUT2D eigenvalue weighted by Gasteiger charge is 2.20. The molecule has 1 rings (SSSR count). The van der Waals surface area contributed by atoms with E-state index in [1.807, 2.05) is 6.07 Å². The first kappa shape index (κ1) is 12.1. The van der Waals surface area contributed by atoms with Crippen molar-refractivity contribution in [2.45, 2.75) is 19.4 Å². The third kappa shape index (κ3) is 2.76. The normalized spacial score (nSPS) is 10.7. The zero-order chi connectivity index (χ0) is 12.3. The molecule has 0 radical (unpaired) electrons. The first-order chi connectivity index (χ1) is 7.35. The predicted molar refractivity (Wildman–Crippen MR) is 53.5 cm³/mol. The van der Waals surface area contributed by atoms with E-state index in [1.165, 1.54) is 13.8 Å². The van der Waals surface area contributed by atoms with Crippen LogP contribution in [-0.4, -0.2) is 11.4 Å². The average Bonchev–Trinajstić information content (AvgIpc) is 2.21. The summed E-state index contributed by atoms with van der Waals surface area (Å²) < 4.78 is 25.4. The van der Waals surface area contributed by atoms with Gasteiger partial charge in [-0.25, -0.2) is 8.78 Å². The van der Waals surface area contributed by atoms with Gasteiger partial charge in [0.1, 0.15) is 5.54 Å². The molecule has 0 saturated carbocycles. The minimum Gasteiger partial charge on any atom is -0.334 e. The number of amides is 1. The first-order valence-electron chi connectivity index (χ1n) is 4.54. The fourth-order valence-electron chi connectivity index (χ4n) is 1.02. The number of nitrogens with one attached hydrogen (secondary N) is 1. The van der Waals surface area contributed by atoms with Crippen LogP contribution in [0.25, 0.3) is 0 Å². The Morgan fingerprint density at radius 3 is 2.50 bits per heavy atom. The van der Waals surface area contributed by atoms with Crippen LogP contribution in [0.5, 0.6) is 0 Å². The van der Waals surface area contributed by atoms with Crippen LogP contribution < -0.4 is 5.32 Å². The summed E-state index contributed by atoms with van der Waals surface area (Å²) in [4.78, 5) is 11.5. The fourth-order valence-corrected chi connectivity index (χ4v) is 1.02. The zero-order valence-corrected chi connectivity index (χ0v) is 8.84. The topological polar surface area (TPSA) is 52.9 Å². The second kappa shape index (κ2) is 4.27. The molecule has 0 atom stereocenters. The van der Waals surface area contributed by atoms with Crippen molar-refractivity contribution < 1.29 is 13.6 Å². The van der Waals surface area contributed by atoms with E-state index in [9.17, 15) is 13.6 Å². The van der Waals surface area contributed by atoms with Crippen LogP contribution in [0.2, 0.25) is 0 Å². The molecule has 1 aromatic carbocycles. The number of rotatable bonds is 2. The SMILES string of the molecule is CC(C)(C#N)NC(=O)c1ccc(F)c(F)c1. The molecule has 0 aliphatic carbocycles. The maximum atomic E-state index is 12.8. The van der Waals surface area contributed by atoms with Crippen molar-refractivity contribution in [3.05, 3.63) is 35.4 Å². The summed E-state index contributed by atoms with van der Waals surface area (Å²) in [6.45, 7) is 3.01. The maximum absolute atomic E-state index is 12.8. The highest BCUT2D eigenvalue weighted by Crippen LogP contribution is 2.10. The molecular weight excluding hydrogens is 214 g/mol. The van der Waals surface area contributed by atoms with Crippen molar-refractivity contribution in [3.63, 3.8) is 0 Å². The zero-order valence-electron chi connectivity index (χ0n) is 8.84. The lowest BCUT2D eigenvalue weighted by atomic mass is 10.1. The minimum atomic E-state index is -1.09. The molecule has 0 aliphatic heterocycles. The summed E-state index contributed by atoms with van der Waals surface area (Å²) in [7, 11) is 0. The van der Waals surface area contributed by atoms with Crippen molar-refractivity contribution in [3.8, 4) is 6.07 Å². The lowest BCUT2D eigenvalue weighted by molar-refractivity contribution is 0.0928. The van der Waals surface area contributed by atoms with Gasteiger partial charge in [-0.15, -0.1) is 0 Å². The molecule has 0 bridgehead atoms. The van der Waals surface area contributed by atoms with Gasteiger partial charge in [0.25, 0.3) is 5.91 Å². The number of benzene rings is 1. The maximum Gasteiger partial charge on any atom is 0.252 e. The molecule has 0 heterocycles. The van der Waals surface area contributed by atoms with E-state index in [-0.39, 0.29) is 5.56 Å². The smallest absolute Gasteiger partial charge is 0.252 e. The molecule has 3 nitrogen and oxygen atoms in total. The van der Waals surface area contributed by atoms with Crippen LogP contribution in [-0.2, 0) is 0 Å². The largest absolute Gasteiger partial charge is 0.334 e. The van der Waals surface area contributed by atoms with Crippen LogP contribution >= 0.6 is 0 Å². The Morgan fingerprint density at radius 1 is 1.38 bits per heavy atom. The molecule has 1 amide bonds. The Balaban J connectivity index is 2.91. The quantitative estimate of drug-likeness (QED) is 0.835. The molecule has 16 heavy (non-hydrogen) atoms. The molecule has 1 N–H and O–H groups in total. The standard InChI is InChI=1S/C11H10F2N2O/c1-11(2,6-14)15-10(16)7-3-4-8(12)9(13)5-7/h3-5H,1-2H3,(H,15,16). The van der Waals surface area contributed by atoms with E-state index in [0.717, 1.165) is 18.2 Å². The summed E-state index contributed by atoms with van der Waals surface area (Å²) in [5.41, 5.74) is -1.08. The van der Waals surface area contributed by atoms with Gasteiger partial charge >= 0.3 is 0 Å². The molecule has 0 saturated heterocycles. The fraction of sp³-hybridized carbons (Fsp3) is 0.273. The van der Waals surface area contributed by atoms with Crippen LogP contribution in [0, 0.1) is 23.0 Å². The molecular formula is C11H10F2N2O. The second-order valence-electron chi connectivity index (χ2n) is 3.82. The van der Waals surface area contributed by atoms with Crippen molar-refractivity contribution in [2.75, 3.05) is 0 Å². The van der Waals surface area contributed by atoms with Gasteiger partial charge < -0.3 is 5.32 Å². The van der Waals surface area contributed by atoms with Crippen molar-refractivity contribution in [2.24, 2.45) is 0 Å². The summed E-state index contributed by atoms with van der Waals surface area (Å²) in [6, 6.07) is 4.68. The Labute approximate surface area is 91.7 Å². The number of nitrogens with zero attached hydrogens (tertiary/aromatic N) is 1. The predicted octanol–water partition coefficient (Wildman–Crippen LogP) is 2.00. The van der Waals surface area contributed by atoms with E-state index in [4.69, 9.17) is 5.26 Å². The molecule has 84 valence electrons. The molecule has 0 fully saturated rings. The van der Waals surface area contributed by atoms with Gasteiger partial charge in [-0.2, -0.15) is 5.26 Å². The summed E-state index contributed by atoms with van der Waals surface area (Å²) >= 11 is 0. The van der Waals surface area contributed by atoms with Crippen LogP contribution in [0.15, 0.2) is 18.2 Å². The lowest BCUT2D eigenvalue weighted by Gasteiger charge is -2.17. The Morgan fingerprint density at radius 2 is 2.00 bits per heavy atom. The third-order valence-electron chi connectivity index (χ3n) is 1.89. The van der Waals surface area contributed by atoms with Crippen LogP contribution in [0.1, 0.15) is 24.2 Å². The van der Waals surface area contributed by atoms with Gasteiger partial charge in [-0.3, -0.25) is 4.79 Å². The highest BCUT2D eigenvalue weighted by molar-refractivity contribution is 5.94. The summed E-state index contributed by atoms with van der Waals surface area (Å²) in [6.07, 6.45) is 0. The van der Waals surface area contributed by atoms with Crippen molar-refractivity contribution in [1.29, 1.82) is 5.26 Å². The molecule has 5 heteroatoms. The monoisotopic (exact) mass is 224 g/mol. The van der Waals surface area contributed by atoms with Gasteiger partial charge in [-0.05, 0) is 32.0 Å². The number of nitriles is 1. The number of carbonyl (C=O) groups excluding carboxylic acids is 1. The number of hydrogen-bond donors (Lipinski definition) is 1. The molecule has 0 aliphatic rings. The van der Waals surface area contributed by atoms with Gasteiger partial charge in [0.2, 0.25) is 0 Å². The Bertz CT molecular complexity index is 464. The average molecular weight is 224 g/mol. The van der Waals surface area contributed by atoms with Crippen molar-refractivity contribution >= 4 is 5.91 Å². The minimum absolute atomic E-state index is 0.0257. The summed E-state index contributed by atoms with van der Waals surface area (Å²) in [5.74, 6) is -2.73. The van der Waals surface area contributed by atoms with Gasteiger partial charge in [0.15, 0.2) is 11.6 Å². The van der Waals surface area contributed by atoms with Crippen molar-refractivity contribution in [1.82, 2.24) is 5.32 Å². The molecule has 0 aromatic heterocycles. The molecule has 0 unspecified atom stereocenters.